The summed E-state index contributed by atoms with van der Waals surface area (Å²) in [5, 5.41) is 2.39. The Hall–Kier alpha value is -3.65. The summed E-state index contributed by atoms with van der Waals surface area (Å²) in [4.78, 5) is 8.33. The number of nitrogens with one attached hydrogen (secondary N) is 1. The van der Waals surface area contributed by atoms with E-state index >= 15 is 0 Å². The first kappa shape index (κ1) is 20.3. The van der Waals surface area contributed by atoms with Crippen LogP contribution in [0.3, 0.4) is 0 Å². The van der Waals surface area contributed by atoms with Crippen molar-refractivity contribution in [2.75, 3.05) is 0 Å². The molecule has 0 unspecified atom stereocenters. The van der Waals surface area contributed by atoms with E-state index in [2.05, 4.69) is 109 Å². The van der Waals surface area contributed by atoms with E-state index < -0.39 is 0 Å². The van der Waals surface area contributed by atoms with E-state index in [4.69, 9.17) is 4.98 Å². The van der Waals surface area contributed by atoms with Crippen molar-refractivity contribution >= 4 is 28.0 Å². The highest BCUT2D eigenvalue weighted by molar-refractivity contribution is 6.07. The fraction of sp³-hybridized carbons (Fsp3) is 0.167. The van der Waals surface area contributed by atoms with Gasteiger partial charge < -0.3 is 4.98 Å². The third kappa shape index (κ3) is 4.22. The highest BCUT2D eigenvalue weighted by atomic mass is 14.9. The second-order valence-corrected chi connectivity index (χ2v) is 8.36. The van der Waals surface area contributed by atoms with Gasteiger partial charge in [0.25, 0.3) is 0 Å². The zero-order valence-electron chi connectivity index (χ0n) is 18.5. The largest absolute Gasteiger partial charge is 0.339 e. The van der Waals surface area contributed by atoms with Crippen LogP contribution in [0.25, 0.3) is 50.3 Å². The summed E-state index contributed by atoms with van der Waals surface area (Å²) in [5.74, 6) is 0. The first-order chi connectivity index (χ1) is 15.8. The Kier molecular flexibility index (Phi) is 5.85. The Labute approximate surface area is 189 Å². The maximum Gasteiger partial charge on any atom is 0.139 e. The highest BCUT2D eigenvalue weighted by Gasteiger charge is 2.08. The molecule has 0 amide bonds. The van der Waals surface area contributed by atoms with Crippen molar-refractivity contribution in [1.82, 2.24) is 9.97 Å². The molecule has 0 aliphatic rings. The van der Waals surface area contributed by atoms with Gasteiger partial charge in [-0.15, -0.1) is 0 Å². The predicted molar refractivity (Wildman–Crippen MR) is 138 cm³/mol. The monoisotopic (exact) mass is 416 g/mol. The van der Waals surface area contributed by atoms with Crippen LogP contribution in [0.1, 0.15) is 38.3 Å². The van der Waals surface area contributed by atoms with Gasteiger partial charge in [0.1, 0.15) is 5.65 Å². The minimum absolute atomic E-state index is 0.951. The minimum Gasteiger partial charge on any atom is -0.339 e. The molecule has 5 aromatic rings. The molecule has 0 bridgehead atoms. The molecule has 2 heterocycles. The van der Waals surface area contributed by atoms with Crippen molar-refractivity contribution in [3.8, 4) is 22.3 Å². The molecule has 0 aliphatic carbocycles. The van der Waals surface area contributed by atoms with Crippen LogP contribution in [0.2, 0.25) is 0 Å². The molecule has 2 nitrogen and oxygen atoms in total. The van der Waals surface area contributed by atoms with Gasteiger partial charge >= 0.3 is 0 Å². The van der Waals surface area contributed by atoms with E-state index in [9.17, 15) is 0 Å². The molecule has 2 heteroatoms. The van der Waals surface area contributed by atoms with E-state index in [-0.39, 0.29) is 0 Å². The van der Waals surface area contributed by atoms with Gasteiger partial charge in [0, 0.05) is 16.3 Å². The third-order valence-electron chi connectivity index (χ3n) is 6.07. The summed E-state index contributed by atoms with van der Waals surface area (Å²) in [6.45, 7) is 2.24. The van der Waals surface area contributed by atoms with Gasteiger partial charge in [-0.2, -0.15) is 0 Å². The number of H-pyrrole nitrogens is 1. The van der Waals surface area contributed by atoms with Gasteiger partial charge in [-0.25, -0.2) is 4.98 Å². The molecule has 32 heavy (non-hydrogen) atoms. The van der Waals surface area contributed by atoms with Crippen molar-refractivity contribution in [1.29, 1.82) is 0 Å². The van der Waals surface area contributed by atoms with Gasteiger partial charge in [0.15, 0.2) is 0 Å². The normalized spacial score (nSPS) is 11.7. The van der Waals surface area contributed by atoms with Crippen LogP contribution in [0.5, 0.6) is 0 Å². The van der Waals surface area contributed by atoms with Crippen molar-refractivity contribution in [2.24, 2.45) is 0 Å². The lowest BCUT2D eigenvalue weighted by atomic mass is 9.99. The lowest BCUT2D eigenvalue weighted by Crippen LogP contribution is -1.82. The number of fused-ring (bicyclic) bond motifs is 3. The number of nitrogens with zero attached hydrogens (tertiary/aromatic N) is 1. The van der Waals surface area contributed by atoms with Crippen molar-refractivity contribution in [2.45, 2.75) is 32.6 Å². The first-order valence-electron chi connectivity index (χ1n) is 11.6. The molecule has 0 spiro atoms. The first-order valence-corrected chi connectivity index (χ1v) is 11.6. The van der Waals surface area contributed by atoms with Crippen LogP contribution in [0.15, 0.2) is 91.0 Å². The number of allylic oxidation sites excluding steroid dienone is 1. The maximum absolute atomic E-state index is 4.84. The Morgan fingerprint density at radius 1 is 0.719 bits per heavy atom. The van der Waals surface area contributed by atoms with E-state index in [1.807, 2.05) is 0 Å². The molecule has 5 rings (SSSR count). The molecule has 0 saturated heterocycles. The zero-order chi connectivity index (χ0) is 21.8. The van der Waals surface area contributed by atoms with Crippen LogP contribution in [-0.2, 0) is 0 Å². The number of hydrogen-bond acceptors (Lipinski definition) is 1. The van der Waals surface area contributed by atoms with Gasteiger partial charge in [0.2, 0.25) is 0 Å². The standard InChI is InChI=1S/C30H28N2/c1-2-3-4-5-9-12-26-18-19-27-28-21-25(17-20-29(28)32-30(27)31-26)24-15-13-23(14-16-24)22-10-7-6-8-11-22/h6-21H,2-5H2,1H3,(H,31,32)/b12-9+. The summed E-state index contributed by atoms with van der Waals surface area (Å²) >= 11 is 0. The summed E-state index contributed by atoms with van der Waals surface area (Å²) in [6.07, 6.45) is 9.29. The van der Waals surface area contributed by atoms with Crippen LogP contribution >= 0.6 is 0 Å². The lowest BCUT2D eigenvalue weighted by Gasteiger charge is -2.05. The van der Waals surface area contributed by atoms with E-state index in [0.717, 1.165) is 23.3 Å². The summed E-state index contributed by atoms with van der Waals surface area (Å²) < 4.78 is 0. The summed E-state index contributed by atoms with van der Waals surface area (Å²) in [5.41, 5.74) is 8.01. The van der Waals surface area contributed by atoms with Gasteiger partial charge in [-0.1, -0.05) is 86.5 Å². The van der Waals surface area contributed by atoms with E-state index in [0.29, 0.717) is 0 Å². The Morgan fingerprint density at radius 2 is 1.44 bits per heavy atom. The third-order valence-corrected chi connectivity index (χ3v) is 6.07. The molecular weight excluding hydrogens is 388 g/mol. The molecular formula is C30H28N2. The molecule has 3 aromatic carbocycles. The summed E-state index contributed by atoms with van der Waals surface area (Å²) in [7, 11) is 0. The van der Waals surface area contributed by atoms with Crippen LogP contribution < -0.4 is 0 Å². The predicted octanol–water partition coefficient (Wildman–Crippen LogP) is 8.64. The second-order valence-electron chi connectivity index (χ2n) is 8.36. The number of aromatic amines is 1. The lowest BCUT2D eigenvalue weighted by molar-refractivity contribution is 0.730. The number of rotatable bonds is 7. The average molecular weight is 417 g/mol. The quantitative estimate of drug-likeness (QED) is 0.264. The molecule has 0 atom stereocenters. The smallest absolute Gasteiger partial charge is 0.139 e. The number of unbranched alkanes of at least 4 members (excludes halogenated alkanes) is 3. The van der Waals surface area contributed by atoms with Gasteiger partial charge in [0.05, 0.1) is 5.69 Å². The van der Waals surface area contributed by atoms with Crippen molar-refractivity contribution < 1.29 is 0 Å². The number of benzene rings is 3. The number of pyridine rings is 1. The molecule has 2 aromatic heterocycles. The molecule has 0 saturated carbocycles. The fourth-order valence-electron chi connectivity index (χ4n) is 4.26. The molecule has 0 fully saturated rings. The average Bonchev–Trinajstić information content (AvgIpc) is 3.21. The van der Waals surface area contributed by atoms with Crippen LogP contribution in [-0.4, -0.2) is 9.97 Å². The van der Waals surface area contributed by atoms with E-state index in [1.165, 1.54) is 52.3 Å². The molecule has 0 aliphatic heterocycles. The Morgan fingerprint density at radius 3 is 2.22 bits per heavy atom. The van der Waals surface area contributed by atoms with Crippen LogP contribution in [0.4, 0.5) is 0 Å². The topological polar surface area (TPSA) is 28.7 Å². The van der Waals surface area contributed by atoms with Gasteiger partial charge in [-0.3, -0.25) is 0 Å². The zero-order valence-corrected chi connectivity index (χ0v) is 18.5. The molecule has 1 N–H and O–H groups in total. The number of hydrogen-bond donors (Lipinski definition) is 1. The Balaban J connectivity index is 1.42. The fourth-order valence-corrected chi connectivity index (χ4v) is 4.26. The van der Waals surface area contributed by atoms with Crippen molar-refractivity contribution in [3.63, 3.8) is 0 Å². The summed E-state index contributed by atoms with van der Waals surface area (Å²) in [6, 6.07) is 30.2. The second kappa shape index (κ2) is 9.23. The molecule has 0 radical (unpaired) electrons. The number of aromatic nitrogens is 2. The maximum atomic E-state index is 4.84. The van der Waals surface area contributed by atoms with Gasteiger partial charge in [-0.05, 0) is 65.4 Å². The molecule has 158 valence electrons. The highest BCUT2D eigenvalue weighted by Crippen LogP contribution is 2.31. The Bertz CT molecular complexity index is 1360. The SMILES string of the molecule is CCCCC/C=C/c1ccc2c(n1)[nH]c1ccc(-c3ccc(-c4ccccc4)cc3)cc12. The van der Waals surface area contributed by atoms with Crippen LogP contribution in [0, 0.1) is 0 Å². The minimum atomic E-state index is 0.951. The van der Waals surface area contributed by atoms with Crippen molar-refractivity contribution in [3.05, 3.63) is 96.7 Å². The van der Waals surface area contributed by atoms with E-state index in [1.54, 1.807) is 0 Å².